The standard InChI is InChI=1S/C13H32P2/c1-3-5-6-7-8-9-10-11-13-15-14-12-4-2/h15H,3-13H2,1-2,14H3. The number of hydrogen-bond acceptors (Lipinski definition) is 0. The van der Waals surface area contributed by atoms with Crippen LogP contribution in [0.2, 0.25) is 0 Å². The summed E-state index contributed by atoms with van der Waals surface area (Å²) < 4.78 is 0. The summed E-state index contributed by atoms with van der Waals surface area (Å²) in [7, 11) is 1.78. The van der Waals surface area contributed by atoms with Crippen molar-refractivity contribution in [3.63, 3.8) is 0 Å². The van der Waals surface area contributed by atoms with Crippen LogP contribution < -0.4 is 0 Å². The van der Waals surface area contributed by atoms with Gasteiger partial charge in [0.05, 0.1) is 0 Å². The van der Waals surface area contributed by atoms with Crippen LogP contribution in [0.25, 0.3) is 0 Å². The predicted octanol–water partition coefficient (Wildman–Crippen LogP) is 5.27. The number of rotatable bonds is 12. The summed E-state index contributed by atoms with van der Waals surface area (Å²) in [5, 5.41) is 0. The van der Waals surface area contributed by atoms with E-state index in [2.05, 4.69) is 13.8 Å². The van der Waals surface area contributed by atoms with Crippen molar-refractivity contribution in [2.45, 2.75) is 71.6 Å². The van der Waals surface area contributed by atoms with Crippen molar-refractivity contribution < 1.29 is 0 Å². The average molecular weight is 250 g/mol. The second-order valence-corrected chi connectivity index (χ2v) is 9.79. The van der Waals surface area contributed by atoms with E-state index < -0.39 is 0 Å². The van der Waals surface area contributed by atoms with Crippen molar-refractivity contribution in [3.8, 4) is 0 Å². The van der Waals surface area contributed by atoms with Gasteiger partial charge >= 0.3 is 100 Å². The Morgan fingerprint density at radius 3 is 1.93 bits per heavy atom. The maximum absolute atomic E-state index is 2.33. The second-order valence-electron chi connectivity index (χ2n) is 4.58. The minimum absolute atomic E-state index is 0.388. The van der Waals surface area contributed by atoms with E-state index in [4.69, 9.17) is 0 Å². The molecule has 0 radical (unpaired) electrons. The molecule has 0 aliphatic heterocycles. The van der Waals surface area contributed by atoms with E-state index in [1.54, 1.807) is 12.3 Å². The first-order valence-corrected chi connectivity index (χ1v) is 11.7. The molecule has 0 saturated carbocycles. The Kier molecular flexibility index (Phi) is 15.7. The molecule has 0 aliphatic rings. The molecule has 0 rings (SSSR count). The molecule has 0 aromatic carbocycles. The average Bonchev–Trinajstić information content (AvgIpc) is 2.26. The molecule has 0 aliphatic carbocycles. The third kappa shape index (κ3) is 14.9. The van der Waals surface area contributed by atoms with Crippen molar-refractivity contribution in [1.29, 1.82) is 0 Å². The fraction of sp³-hybridized carbons (Fsp3) is 1.00. The van der Waals surface area contributed by atoms with E-state index in [9.17, 15) is 0 Å². The van der Waals surface area contributed by atoms with Gasteiger partial charge in [0.25, 0.3) is 0 Å². The van der Waals surface area contributed by atoms with Gasteiger partial charge in [0, 0.05) is 0 Å². The second kappa shape index (κ2) is 14.9. The van der Waals surface area contributed by atoms with E-state index in [1.165, 1.54) is 66.1 Å². The zero-order chi connectivity index (χ0) is 11.2. The van der Waals surface area contributed by atoms with Gasteiger partial charge < -0.3 is 0 Å². The number of unbranched alkanes of at least 4 members (excludes halogenated alkanes) is 7. The Morgan fingerprint density at radius 1 is 0.733 bits per heavy atom. The van der Waals surface area contributed by atoms with Gasteiger partial charge in [-0.25, -0.2) is 0 Å². The molecule has 0 spiro atoms. The van der Waals surface area contributed by atoms with Crippen LogP contribution in [0.4, 0.5) is 0 Å². The Hall–Kier alpha value is 0.860. The molecule has 0 saturated heterocycles. The molecule has 15 heavy (non-hydrogen) atoms. The van der Waals surface area contributed by atoms with Gasteiger partial charge in [0.1, 0.15) is 0 Å². The van der Waals surface area contributed by atoms with Gasteiger partial charge in [-0.15, -0.1) is 0 Å². The van der Waals surface area contributed by atoms with E-state index in [1.807, 2.05) is 0 Å². The Labute approximate surface area is 101 Å². The molecule has 1 unspecified atom stereocenters. The van der Waals surface area contributed by atoms with Crippen LogP contribution >= 0.6 is 16.5 Å². The van der Waals surface area contributed by atoms with Crippen molar-refractivity contribution in [2.75, 3.05) is 12.3 Å². The molecular weight excluding hydrogens is 218 g/mol. The Balaban J connectivity index is 2.81. The van der Waals surface area contributed by atoms with Gasteiger partial charge in [0.2, 0.25) is 0 Å². The molecule has 0 aromatic rings. The molecule has 2 heteroatoms. The minimum atomic E-state index is 0.388. The van der Waals surface area contributed by atoms with Crippen LogP contribution in [0.15, 0.2) is 0 Å². The summed E-state index contributed by atoms with van der Waals surface area (Å²) in [4.78, 5) is 0. The van der Waals surface area contributed by atoms with Crippen molar-refractivity contribution in [2.24, 2.45) is 0 Å². The predicted molar refractivity (Wildman–Crippen MR) is 82.1 cm³/mol. The first kappa shape index (κ1) is 15.9. The zero-order valence-electron chi connectivity index (χ0n) is 11.0. The van der Waals surface area contributed by atoms with Crippen molar-refractivity contribution in [3.05, 3.63) is 0 Å². The van der Waals surface area contributed by atoms with Crippen LogP contribution in [-0.4, -0.2) is 12.3 Å². The third-order valence-corrected chi connectivity index (χ3v) is 8.22. The maximum atomic E-state index is 2.33. The van der Waals surface area contributed by atoms with E-state index in [0.29, 0.717) is 8.27 Å². The summed E-state index contributed by atoms with van der Waals surface area (Å²) in [6.45, 7) is 4.62. The molecule has 1 atom stereocenters. The summed E-state index contributed by atoms with van der Waals surface area (Å²) in [5.74, 6) is 0. The molecule has 94 valence electrons. The fourth-order valence-electron chi connectivity index (χ4n) is 1.81. The van der Waals surface area contributed by atoms with Crippen LogP contribution in [0.5, 0.6) is 0 Å². The number of hydrogen-bond donors (Lipinski definition) is 0. The molecule has 0 bridgehead atoms. The van der Waals surface area contributed by atoms with Gasteiger partial charge in [0.15, 0.2) is 0 Å². The SMILES string of the molecule is CCCCCCCCCCP[PH3]CCC. The first-order chi connectivity index (χ1) is 7.41. The molecular formula is C13H32P2. The Morgan fingerprint density at radius 2 is 1.33 bits per heavy atom. The summed E-state index contributed by atoms with van der Waals surface area (Å²) in [6, 6.07) is 0. The fourth-order valence-corrected chi connectivity index (χ4v) is 6.47. The molecule has 0 aromatic heterocycles. The van der Waals surface area contributed by atoms with Crippen LogP contribution in [-0.2, 0) is 0 Å². The van der Waals surface area contributed by atoms with Gasteiger partial charge in [-0.05, 0) is 0 Å². The zero-order valence-corrected chi connectivity index (χ0v) is 13.4. The van der Waals surface area contributed by atoms with Crippen LogP contribution in [0.3, 0.4) is 0 Å². The Bertz CT molecular complexity index is 92.7. The van der Waals surface area contributed by atoms with Gasteiger partial charge in [-0.2, -0.15) is 0 Å². The normalized spacial score (nSPS) is 11.9. The molecule has 0 N–H and O–H groups in total. The molecule has 0 amide bonds. The quantitative estimate of drug-likeness (QED) is 0.327. The van der Waals surface area contributed by atoms with Crippen LogP contribution in [0, 0.1) is 0 Å². The molecule has 0 heterocycles. The van der Waals surface area contributed by atoms with Crippen molar-refractivity contribution in [1.82, 2.24) is 0 Å². The summed E-state index contributed by atoms with van der Waals surface area (Å²) in [5.41, 5.74) is 0. The molecule has 0 fully saturated rings. The van der Waals surface area contributed by atoms with Gasteiger partial charge in [-0.3, -0.25) is 0 Å². The topological polar surface area (TPSA) is 0 Å². The van der Waals surface area contributed by atoms with E-state index in [-0.39, 0.29) is 0 Å². The summed E-state index contributed by atoms with van der Waals surface area (Å²) >= 11 is 0. The van der Waals surface area contributed by atoms with Gasteiger partial charge in [-0.1, -0.05) is 0 Å². The monoisotopic (exact) mass is 250 g/mol. The summed E-state index contributed by atoms with van der Waals surface area (Å²) in [6.07, 6.45) is 16.4. The molecule has 0 nitrogen and oxygen atoms in total. The third-order valence-electron chi connectivity index (χ3n) is 2.91. The van der Waals surface area contributed by atoms with E-state index in [0.717, 1.165) is 0 Å². The van der Waals surface area contributed by atoms with Crippen molar-refractivity contribution >= 4 is 16.5 Å². The first-order valence-electron chi connectivity index (χ1n) is 7.12. The van der Waals surface area contributed by atoms with E-state index >= 15 is 0 Å². The van der Waals surface area contributed by atoms with Crippen LogP contribution in [0.1, 0.15) is 71.6 Å².